The number of carboxylic acids is 1. The van der Waals surface area contributed by atoms with Gasteiger partial charge in [0.2, 0.25) is 5.91 Å². The Labute approximate surface area is 108 Å². The summed E-state index contributed by atoms with van der Waals surface area (Å²) in [5.74, 6) is -0.0295. The van der Waals surface area contributed by atoms with Crippen LogP contribution in [0.5, 0.6) is 0 Å². The molecule has 1 unspecified atom stereocenters. The summed E-state index contributed by atoms with van der Waals surface area (Å²) >= 11 is 3.20. The van der Waals surface area contributed by atoms with Crippen LogP contribution in [0.15, 0.2) is 16.8 Å². The molecule has 0 saturated carbocycles. The van der Waals surface area contributed by atoms with Crippen LogP contribution in [0.1, 0.15) is 12.5 Å². The molecular formula is C11H15NO3S2. The molecule has 94 valence electrons. The number of hydrogen-bond donors (Lipinski definition) is 2. The molecule has 0 fully saturated rings. The van der Waals surface area contributed by atoms with Gasteiger partial charge in [0.05, 0.1) is 0 Å². The number of aryl methyl sites for hydroxylation is 1. The molecule has 0 aromatic carbocycles. The zero-order chi connectivity index (χ0) is 12.7. The normalized spacial score (nSPS) is 12.1. The highest BCUT2D eigenvalue weighted by Crippen LogP contribution is 2.11. The quantitative estimate of drug-likeness (QED) is 0.741. The van der Waals surface area contributed by atoms with Crippen LogP contribution in [0.4, 0.5) is 0 Å². The molecule has 17 heavy (non-hydrogen) atoms. The molecule has 0 saturated heterocycles. The fourth-order valence-corrected chi connectivity index (χ4v) is 2.96. The standard InChI is InChI=1S/C11H15NO3S2/c1-8(13)12-10(11(14)15)7-17-5-3-9-2-4-16-6-9/h2,4,6,10H,3,5,7H2,1H3,(H,12,13)(H,14,15). The highest BCUT2D eigenvalue weighted by Gasteiger charge is 2.17. The van der Waals surface area contributed by atoms with Gasteiger partial charge in [-0.25, -0.2) is 4.79 Å². The third-order valence-electron chi connectivity index (χ3n) is 2.08. The van der Waals surface area contributed by atoms with E-state index in [-0.39, 0.29) is 5.91 Å². The number of hydrogen-bond acceptors (Lipinski definition) is 4. The SMILES string of the molecule is CC(=O)NC(CSCCc1ccsc1)C(=O)O. The first-order valence-electron chi connectivity index (χ1n) is 5.18. The van der Waals surface area contributed by atoms with Crippen molar-refractivity contribution in [2.45, 2.75) is 19.4 Å². The van der Waals surface area contributed by atoms with E-state index in [0.29, 0.717) is 5.75 Å². The summed E-state index contributed by atoms with van der Waals surface area (Å²) in [4.78, 5) is 21.6. The minimum atomic E-state index is -0.983. The van der Waals surface area contributed by atoms with Gasteiger partial charge in [-0.05, 0) is 34.6 Å². The Morgan fingerprint density at radius 1 is 1.59 bits per heavy atom. The molecule has 0 aliphatic carbocycles. The van der Waals surface area contributed by atoms with Crippen molar-refractivity contribution in [3.63, 3.8) is 0 Å². The molecule has 6 heteroatoms. The first kappa shape index (κ1) is 14.1. The van der Waals surface area contributed by atoms with E-state index in [2.05, 4.69) is 16.8 Å². The van der Waals surface area contributed by atoms with Crippen LogP contribution >= 0.6 is 23.1 Å². The Bertz CT molecular complexity index is 365. The van der Waals surface area contributed by atoms with Crippen LogP contribution < -0.4 is 5.32 Å². The summed E-state index contributed by atoms with van der Waals surface area (Å²) in [6.07, 6.45) is 0.931. The maximum atomic E-state index is 10.8. The Hall–Kier alpha value is -1.01. The summed E-state index contributed by atoms with van der Waals surface area (Å²) in [6.45, 7) is 1.33. The zero-order valence-electron chi connectivity index (χ0n) is 9.51. The Morgan fingerprint density at radius 2 is 2.35 bits per heavy atom. The fraction of sp³-hybridized carbons (Fsp3) is 0.455. The largest absolute Gasteiger partial charge is 0.480 e. The number of carbonyl (C=O) groups is 2. The second-order valence-corrected chi connectivity index (χ2v) is 5.48. The number of carbonyl (C=O) groups excluding carboxylic acids is 1. The van der Waals surface area contributed by atoms with Crippen molar-refractivity contribution >= 4 is 35.0 Å². The molecule has 1 aromatic rings. The number of thioether (sulfide) groups is 1. The number of aliphatic carboxylic acids is 1. The third kappa shape index (κ3) is 5.74. The first-order chi connectivity index (χ1) is 8.09. The molecule has 0 bridgehead atoms. The van der Waals surface area contributed by atoms with E-state index in [4.69, 9.17) is 5.11 Å². The first-order valence-corrected chi connectivity index (χ1v) is 7.28. The zero-order valence-corrected chi connectivity index (χ0v) is 11.1. The van der Waals surface area contributed by atoms with Gasteiger partial charge >= 0.3 is 5.97 Å². The van der Waals surface area contributed by atoms with Crippen LogP contribution in [0.3, 0.4) is 0 Å². The minimum Gasteiger partial charge on any atom is -0.480 e. The molecule has 4 nitrogen and oxygen atoms in total. The van der Waals surface area contributed by atoms with E-state index in [9.17, 15) is 9.59 Å². The van der Waals surface area contributed by atoms with Crippen LogP contribution in [0.2, 0.25) is 0 Å². The van der Waals surface area contributed by atoms with Crippen molar-refractivity contribution < 1.29 is 14.7 Å². The number of nitrogens with one attached hydrogen (secondary N) is 1. The monoisotopic (exact) mass is 273 g/mol. The molecular weight excluding hydrogens is 258 g/mol. The lowest BCUT2D eigenvalue weighted by Crippen LogP contribution is -2.41. The lowest BCUT2D eigenvalue weighted by Gasteiger charge is -2.12. The van der Waals surface area contributed by atoms with E-state index in [0.717, 1.165) is 12.2 Å². The summed E-state index contributed by atoms with van der Waals surface area (Å²) in [6, 6.07) is 1.27. The highest BCUT2D eigenvalue weighted by molar-refractivity contribution is 7.99. The van der Waals surface area contributed by atoms with Gasteiger partial charge in [0.1, 0.15) is 6.04 Å². The molecule has 0 radical (unpaired) electrons. The summed E-state index contributed by atoms with van der Waals surface area (Å²) < 4.78 is 0. The van der Waals surface area contributed by atoms with Crippen LogP contribution in [-0.2, 0) is 16.0 Å². The summed E-state index contributed by atoms with van der Waals surface area (Å²) in [5.41, 5.74) is 1.27. The smallest absolute Gasteiger partial charge is 0.327 e. The van der Waals surface area contributed by atoms with Gasteiger partial charge < -0.3 is 10.4 Å². The molecule has 1 aromatic heterocycles. The van der Waals surface area contributed by atoms with Crippen molar-refractivity contribution in [2.75, 3.05) is 11.5 Å². The van der Waals surface area contributed by atoms with Gasteiger partial charge in [-0.2, -0.15) is 23.1 Å². The fourth-order valence-electron chi connectivity index (χ4n) is 1.25. The summed E-state index contributed by atoms with van der Waals surface area (Å²) in [5, 5.41) is 15.4. The van der Waals surface area contributed by atoms with E-state index in [1.807, 2.05) is 5.38 Å². The predicted molar refractivity (Wildman–Crippen MR) is 70.6 cm³/mol. The Balaban J connectivity index is 2.23. The van der Waals surface area contributed by atoms with Crippen molar-refractivity contribution in [1.82, 2.24) is 5.32 Å². The van der Waals surface area contributed by atoms with Crippen LogP contribution in [0, 0.1) is 0 Å². The maximum Gasteiger partial charge on any atom is 0.327 e. The number of thiophene rings is 1. The van der Waals surface area contributed by atoms with Gasteiger partial charge in [-0.3, -0.25) is 4.79 Å². The van der Waals surface area contributed by atoms with Crippen molar-refractivity contribution in [2.24, 2.45) is 0 Å². The second-order valence-electron chi connectivity index (χ2n) is 3.55. The van der Waals surface area contributed by atoms with E-state index < -0.39 is 12.0 Å². The number of amides is 1. The topological polar surface area (TPSA) is 66.4 Å². The minimum absolute atomic E-state index is 0.309. The van der Waals surface area contributed by atoms with Crippen LogP contribution in [-0.4, -0.2) is 34.5 Å². The average molecular weight is 273 g/mol. The van der Waals surface area contributed by atoms with Gasteiger partial charge in [-0.1, -0.05) is 0 Å². The van der Waals surface area contributed by atoms with Crippen molar-refractivity contribution in [3.8, 4) is 0 Å². The van der Waals surface area contributed by atoms with Gasteiger partial charge in [0.25, 0.3) is 0 Å². The molecule has 1 atom stereocenters. The highest BCUT2D eigenvalue weighted by atomic mass is 32.2. The second kappa shape index (κ2) is 7.34. The maximum absolute atomic E-state index is 10.8. The molecule has 1 heterocycles. The number of rotatable bonds is 7. The molecule has 0 aliphatic heterocycles. The molecule has 0 aliphatic rings. The van der Waals surface area contributed by atoms with Gasteiger partial charge in [0, 0.05) is 12.7 Å². The van der Waals surface area contributed by atoms with E-state index in [1.165, 1.54) is 24.2 Å². The lowest BCUT2D eigenvalue weighted by molar-refractivity contribution is -0.140. The number of carboxylic acid groups (broad SMARTS) is 1. The van der Waals surface area contributed by atoms with Gasteiger partial charge in [0.15, 0.2) is 0 Å². The van der Waals surface area contributed by atoms with Crippen molar-refractivity contribution in [3.05, 3.63) is 22.4 Å². The molecule has 0 spiro atoms. The lowest BCUT2D eigenvalue weighted by atomic mass is 10.3. The molecule has 2 N–H and O–H groups in total. The predicted octanol–water partition coefficient (Wildman–Crippen LogP) is 1.61. The van der Waals surface area contributed by atoms with E-state index in [1.54, 1.807) is 11.3 Å². The van der Waals surface area contributed by atoms with Crippen LogP contribution in [0.25, 0.3) is 0 Å². The Kier molecular flexibility index (Phi) is 6.07. The summed E-state index contributed by atoms with van der Waals surface area (Å²) in [7, 11) is 0. The third-order valence-corrected chi connectivity index (χ3v) is 3.87. The molecule has 1 rings (SSSR count). The van der Waals surface area contributed by atoms with E-state index >= 15 is 0 Å². The Morgan fingerprint density at radius 3 is 2.88 bits per heavy atom. The van der Waals surface area contributed by atoms with Gasteiger partial charge in [-0.15, -0.1) is 0 Å². The van der Waals surface area contributed by atoms with Crippen molar-refractivity contribution in [1.29, 1.82) is 0 Å². The average Bonchev–Trinajstić information content (AvgIpc) is 2.74. The molecule has 1 amide bonds.